The fourth-order valence-electron chi connectivity index (χ4n) is 0.183. The van der Waals surface area contributed by atoms with Crippen molar-refractivity contribution in [3.05, 3.63) is 12.7 Å². The first-order valence-corrected chi connectivity index (χ1v) is 2.80. The van der Waals surface area contributed by atoms with Gasteiger partial charge in [-0.2, -0.15) is 0 Å². The molecule has 0 fully saturated rings. The summed E-state index contributed by atoms with van der Waals surface area (Å²) in [5.74, 6) is -0.590. The molecule has 0 saturated heterocycles. The maximum Gasteiger partial charge on any atom is 0.371 e. The van der Waals surface area contributed by atoms with Crippen LogP contribution in [0.25, 0.3) is 0 Å². The van der Waals surface area contributed by atoms with Crippen LogP contribution in [-0.2, 0) is 14.7 Å². The second kappa shape index (κ2) is 3.34. The maximum atomic E-state index is 10.4. The number of hydrogen-bond donors (Lipinski definition) is 0. The third kappa shape index (κ3) is 5.27. The van der Waals surface area contributed by atoms with Crippen LogP contribution in [0.5, 0.6) is 0 Å². The molecule has 0 aromatic rings. The molecule has 0 spiro atoms. The van der Waals surface area contributed by atoms with Gasteiger partial charge in [-0.25, -0.2) is 9.68 Å². The summed E-state index contributed by atoms with van der Waals surface area (Å²) in [6.07, 6.45) is 1.04. The molecule has 0 aliphatic carbocycles. The van der Waals surface area contributed by atoms with Crippen LogP contribution in [0.15, 0.2) is 12.7 Å². The van der Waals surface area contributed by atoms with Crippen molar-refractivity contribution in [3.63, 3.8) is 0 Å². The van der Waals surface area contributed by atoms with Crippen LogP contribution >= 0.6 is 0 Å². The van der Waals surface area contributed by atoms with Crippen LogP contribution in [-0.4, -0.2) is 31.8 Å². The summed E-state index contributed by atoms with van der Waals surface area (Å²) < 4.78 is 0.111. The van der Waals surface area contributed by atoms with Crippen molar-refractivity contribution in [2.45, 2.75) is 0 Å². The fourth-order valence-corrected chi connectivity index (χ4v) is 0.183. The van der Waals surface area contributed by atoms with Crippen LogP contribution in [0.1, 0.15) is 0 Å². The van der Waals surface area contributed by atoms with E-state index in [1.165, 1.54) is 0 Å². The summed E-state index contributed by atoms with van der Waals surface area (Å²) in [6.45, 7) is 3.20. The van der Waals surface area contributed by atoms with Gasteiger partial charge in [0.1, 0.15) is 21.1 Å². The number of carbonyl (C=O) groups excluding carboxylic acids is 1. The monoisotopic (exact) mass is 146 g/mol. The van der Waals surface area contributed by atoms with E-state index in [-0.39, 0.29) is 4.65 Å². The predicted octanol–water partition coefficient (Wildman–Crippen LogP) is 0.268. The predicted molar refractivity (Wildman–Crippen MR) is 35.4 cm³/mol. The molecule has 0 heterocycles. The molecule has 0 aromatic carbocycles. The highest BCUT2D eigenvalue weighted by molar-refractivity contribution is 5.80. The number of rotatable bonds is 3. The van der Waals surface area contributed by atoms with Gasteiger partial charge in [-0.05, 0) is 0 Å². The van der Waals surface area contributed by atoms with Crippen LogP contribution in [0.2, 0.25) is 0 Å². The molecular weight excluding hydrogens is 134 g/mol. The molecule has 0 atom stereocenters. The van der Waals surface area contributed by atoms with Crippen LogP contribution in [0.3, 0.4) is 0 Å². The van der Waals surface area contributed by atoms with Gasteiger partial charge in [-0.1, -0.05) is 6.58 Å². The molecule has 58 valence electrons. The van der Waals surface area contributed by atoms with Crippen molar-refractivity contribution >= 4 is 5.97 Å². The van der Waals surface area contributed by atoms with Crippen LogP contribution in [0.4, 0.5) is 0 Å². The molecular formula is C6H12NO3+. The first kappa shape index (κ1) is 9.13. The lowest BCUT2D eigenvalue weighted by molar-refractivity contribution is -1.11. The molecule has 0 rings (SSSR count). The number of hydroxylamine groups is 3. The topological polar surface area (TPSA) is 35.5 Å². The van der Waals surface area contributed by atoms with E-state index in [2.05, 4.69) is 16.5 Å². The summed E-state index contributed by atoms with van der Waals surface area (Å²) in [5, 5.41) is 0. The minimum Gasteiger partial charge on any atom is -0.245 e. The third-order valence-corrected chi connectivity index (χ3v) is 0.510. The quantitative estimate of drug-likeness (QED) is 0.248. The number of hydrogen-bond acceptors (Lipinski definition) is 3. The smallest absolute Gasteiger partial charge is 0.245 e. The highest BCUT2D eigenvalue weighted by Crippen LogP contribution is 1.93. The van der Waals surface area contributed by atoms with Gasteiger partial charge < -0.3 is 0 Å². The summed E-state index contributed by atoms with van der Waals surface area (Å²) in [4.78, 5) is 19.3. The zero-order chi connectivity index (χ0) is 8.20. The molecule has 0 bridgehead atoms. The van der Waals surface area contributed by atoms with Crippen molar-refractivity contribution in [1.82, 2.24) is 0 Å². The van der Waals surface area contributed by atoms with Gasteiger partial charge in [0.15, 0.2) is 0 Å². The van der Waals surface area contributed by atoms with Crippen molar-refractivity contribution in [3.8, 4) is 0 Å². The molecule has 0 radical (unpaired) electrons. The summed E-state index contributed by atoms with van der Waals surface area (Å²) in [7, 11) is 5.16. The SMILES string of the molecule is C=CC(=O)OO[N+](C)(C)C. The molecule has 10 heavy (non-hydrogen) atoms. The van der Waals surface area contributed by atoms with Crippen molar-refractivity contribution < 1.29 is 19.3 Å². The highest BCUT2D eigenvalue weighted by Gasteiger charge is 2.11. The molecule has 0 aliphatic rings. The summed E-state index contributed by atoms with van der Waals surface area (Å²) >= 11 is 0. The van der Waals surface area contributed by atoms with E-state index in [4.69, 9.17) is 0 Å². The Morgan fingerprint density at radius 2 is 2.00 bits per heavy atom. The highest BCUT2D eigenvalue weighted by atomic mass is 17.3. The molecule has 4 heteroatoms. The maximum absolute atomic E-state index is 10.4. The third-order valence-electron chi connectivity index (χ3n) is 0.510. The van der Waals surface area contributed by atoms with E-state index in [9.17, 15) is 4.79 Å². The van der Waals surface area contributed by atoms with E-state index in [1.807, 2.05) is 0 Å². The van der Waals surface area contributed by atoms with Gasteiger partial charge in [0.05, 0.1) is 0 Å². The second-order valence-corrected chi connectivity index (χ2v) is 2.57. The van der Waals surface area contributed by atoms with Crippen molar-refractivity contribution in [2.75, 3.05) is 21.1 Å². The Labute approximate surface area is 60.1 Å². The van der Waals surface area contributed by atoms with Crippen molar-refractivity contribution in [1.29, 1.82) is 0 Å². The Kier molecular flexibility index (Phi) is 3.05. The molecule has 0 aromatic heterocycles. The fraction of sp³-hybridized carbons (Fsp3) is 0.500. The number of nitrogens with zero attached hydrogens (tertiary/aromatic N) is 1. The minimum absolute atomic E-state index is 0.111. The Bertz CT molecular complexity index is 136. The lowest BCUT2D eigenvalue weighted by Gasteiger charge is -2.16. The Morgan fingerprint density at radius 3 is 2.30 bits per heavy atom. The molecule has 0 aliphatic heterocycles. The Hall–Kier alpha value is -0.870. The van der Waals surface area contributed by atoms with Gasteiger partial charge in [0, 0.05) is 11.1 Å². The Morgan fingerprint density at radius 1 is 1.50 bits per heavy atom. The number of carbonyl (C=O) groups is 1. The van der Waals surface area contributed by atoms with Gasteiger partial charge in [-0.3, -0.25) is 0 Å². The Balaban J connectivity index is 3.55. The van der Waals surface area contributed by atoms with Crippen molar-refractivity contribution in [2.24, 2.45) is 0 Å². The zero-order valence-electron chi connectivity index (χ0n) is 6.46. The van der Waals surface area contributed by atoms with Gasteiger partial charge >= 0.3 is 5.97 Å². The van der Waals surface area contributed by atoms with E-state index < -0.39 is 5.97 Å². The normalized spacial score (nSPS) is 10.7. The lowest BCUT2D eigenvalue weighted by atomic mass is 10.7. The summed E-state index contributed by atoms with van der Waals surface area (Å²) in [5.41, 5.74) is 0. The second-order valence-electron chi connectivity index (χ2n) is 2.57. The molecule has 0 saturated carbocycles. The minimum atomic E-state index is -0.590. The van der Waals surface area contributed by atoms with Gasteiger partial charge in [0.2, 0.25) is 0 Å². The lowest BCUT2D eigenvalue weighted by Crippen LogP contribution is -2.35. The average Bonchev–Trinajstić information content (AvgIpc) is 1.81. The van der Waals surface area contributed by atoms with Gasteiger partial charge in [-0.15, -0.1) is 4.65 Å². The molecule has 0 amide bonds. The van der Waals surface area contributed by atoms with E-state index in [1.54, 1.807) is 21.1 Å². The molecule has 0 N–H and O–H groups in total. The first-order chi connectivity index (χ1) is 4.45. The van der Waals surface area contributed by atoms with Crippen LogP contribution in [0, 0.1) is 0 Å². The van der Waals surface area contributed by atoms with Crippen LogP contribution < -0.4 is 0 Å². The summed E-state index contributed by atoms with van der Waals surface area (Å²) in [6, 6.07) is 0. The zero-order valence-corrected chi connectivity index (χ0v) is 6.46. The van der Waals surface area contributed by atoms with E-state index in [0.717, 1.165) is 6.08 Å². The van der Waals surface area contributed by atoms with Gasteiger partial charge in [0.25, 0.3) is 0 Å². The standard InChI is InChI=1S/C6H12NO3/c1-5-6(8)9-10-7(2,3)4/h5H,1H2,2-4H3/q+1. The molecule has 4 nitrogen and oxygen atoms in total. The van der Waals surface area contributed by atoms with E-state index in [0.29, 0.717) is 0 Å². The van der Waals surface area contributed by atoms with E-state index >= 15 is 0 Å². The molecule has 0 unspecified atom stereocenters. The number of quaternary nitrogens is 1. The average molecular weight is 146 g/mol. The first-order valence-electron chi connectivity index (χ1n) is 2.80. The largest absolute Gasteiger partial charge is 0.371 e.